The Balaban J connectivity index is 2.20. The molecule has 1 unspecified atom stereocenters. The van der Waals surface area contributed by atoms with E-state index in [2.05, 4.69) is 0 Å². The maximum absolute atomic E-state index is 10.6. The number of ether oxygens (including phenoxy) is 1. The van der Waals surface area contributed by atoms with Gasteiger partial charge in [-0.15, -0.1) is 0 Å². The summed E-state index contributed by atoms with van der Waals surface area (Å²) in [6, 6.07) is 0. The van der Waals surface area contributed by atoms with Crippen LogP contribution in [0.4, 0.5) is 0 Å². The summed E-state index contributed by atoms with van der Waals surface area (Å²) in [7, 11) is 0. The molecule has 1 aliphatic carbocycles. The third-order valence-corrected chi connectivity index (χ3v) is 2.63. The van der Waals surface area contributed by atoms with Crippen LogP contribution in [-0.4, -0.2) is 23.8 Å². The van der Waals surface area contributed by atoms with Crippen molar-refractivity contribution in [1.82, 2.24) is 0 Å². The lowest BCUT2D eigenvalue weighted by atomic mass is 9.74. The van der Waals surface area contributed by atoms with Crippen LogP contribution in [0.1, 0.15) is 26.7 Å². The summed E-state index contributed by atoms with van der Waals surface area (Å²) in [6.07, 6.45) is 2.16. The summed E-state index contributed by atoms with van der Waals surface area (Å²) in [5.74, 6) is -0.560. The van der Waals surface area contributed by atoms with Gasteiger partial charge in [-0.2, -0.15) is 0 Å². The predicted octanol–water partition coefficient (Wildman–Crippen LogP) is 1.52. The van der Waals surface area contributed by atoms with Crippen molar-refractivity contribution in [3.63, 3.8) is 0 Å². The smallest absolute Gasteiger partial charge is 0.306 e. The van der Waals surface area contributed by atoms with Gasteiger partial charge in [0, 0.05) is 6.61 Å². The molecular weight excluding hydrogens is 156 g/mol. The molecule has 3 heteroatoms. The summed E-state index contributed by atoms with van der Waals surface area (Å²) in [6.45, 7) is 4.47. The Hall–Kier alpha value is -0.570. The molecule has 0 spiro atoms. The van der Waals surface area contributed by atoms with Crippen LogP contribution in [0.2, 0.25) is 0 Å². The van der Waals surface area contributed by atoms with Crippen molar-refractivity contribution in [2.24, 2.45) is 11.8 Å². The van der Waals surface area contributed by atoms with E-state index >= 15 is 0 Å². The quantitative estimate of drug-likeness (QED) is 0.699. The lowest BCUT2D eigenvalue weighted by Crippen LogP contribution is -2.37. The summed E-state index contributed by atoms with van der Waals surface area (Å²) < 4.78 is 5.35. The lowest BCUT2D eigenvalue weighted by Gasteiger charge is -2.37. The van der Waals surface area contributed by atoms with Gasteiger partial charge < -0.3 is 9.84 Å². The van der Waals surface area contributed by atoms with E-state index in [9.17, 15) is 4.79 Å². The van der Waals surface area contributed by atoms with Gasteiger partial charge in [0.25, 0.3) is 0 Å². The molecular formula is C9H16O3. The van der Waals surface area contributed by atoms with Gasteiger partial charge in [-0.25, -0.2) is 0 Å². The minimum atomic E-state index is -0.685. The van der Waals surface area contributed by atoms with Gasteiger partial charge in [0.05, 0.1) is 12.0 Å². The van der Waals surface area contributed by atoms with E-state index < -0.39 is 5.97 Å². The van der Waals surface area contributed by atoms with E-state index in [4.69, 9.17) is 9.84 Å². The highest BCUT2D eigenvalue weighted by Crippen LogP contribution is 2.35. The van der Waals surface area contributed by atoms with Crippen molar-refractivity contribution < 1.29 is 14.6 Å². The number of hydrogen-bond donors (Lipinski definition) is 1. The Morgan fingerprint density at radius 1 is 1.67 bits per heavy atom. The van der Waals surface area contributed by atoms with Gasteiger partial charge in [0.1, 0.15) is 0 Å². The molecule has 0 heterocycles. The number of carboxylic acids is 1. The third kappa shape index (κ3) is 1.97. The van der Waals surface area contributed by atoms with Crippen LogP contribution in [0.15, 0.2) is 0 Å². The van der Waals surface area contributed by atoms with E-state index in [1.54, 1.807) is 6.92 Å². The minimum Gasteiger partial charge on any atom is -0.481 e. The number of rotatable bonds is 4. The molecule has 0 aliphatic heterocycles. The number of carbonyl (C=O) groups is 1. The molecule has 12 heavy (non-hydrogen) atoms. The van der Waals surface area contributed by atoms with Crippen molar-refractivity contribution >= 4 is 5.97 Å². The zero-order valence-electron chi connectivity index (χ0n) is 7.62. The first-order valence-electron chi connectivity index (χ1n) is 4.49. The second kappa shape index (κ2) is 3.90. The Bertz CT molecular complexity index is 161. The summed E-state index contributed by atoms with van der Waals surface area (Å²) in [5.41, 5.74) is 0. The number of carboxylic acid groups (broad SMARTS) is 1. The third-order valence-electron chi connectivity index (χ3n) is 2.63. The molecule has 3 nitrogen and oxygen atoms in total. The van der Waals surface area contributed by atoms with Crippen molar-refractivity contribution in [2.45, 2.75) is 32.8 Å². The molecule has 0 saturated heterocycles. The minimum absolute atomic E-state index is 0.207. The van der Waals surface area contributed by atoms with Crippen molar-refractivity contribution in [1.29, 1.82) is 0 Å². The molecule has 1 rings (SSSR count). The SMILES string of the molecule is CCOC1CC(C(C)C(=O)O)C1. The number of hydrogen-bond acceptors (Lipinski definition) is 2. The zero-order chi connectivity index (χ0) is 9.14. The largest absolute Gasteiger partial charge is 0.481 e. The molecule has 70 valence electrons. The van der Waals surface area contributed by atoms with Gasteiger partial charge in [0.2, 0.25) is 0 Å². The van der Waals surface area contributed by atoms with Gasteiger partial charge in [0.15, 0.2) is 0 Å². The van der Waals surface area contributed by atoms with E-state index in [0.717, 1.165) is 19.4 Å². The summed E-state index contributed by atoms with van der Waals surface area (Å²) in [4.78, 5) is 10.6. The highest BCUT2D eigenvalue weighted by atomic mass is 16.5. The zero-order valence-corrected chi connectivity index (χ0v) is 7.62. The molecule has 1 N–H and O–H groups in total. The lowest BCUT2D eigenvalue weighted by molar-refractivity contribution is -0.146. The fourth-order valence-corrected chi connectivity index (χ4v) is 1.59. The molecule has 0 aromatic carbocycles. The molecule has 0 aromatic heterocycles. The molecule has 1 aliphatic rings. The standard InChI is InChI=1S/C9H16O3/c1-3-12-8-4-7(5-8)6(2)9(10)11/h6-8H,3-5H2,1-2H3,(H,10,11). The highest BCUT2D eigenvalue weighted by Gasteiger charge is 2.36. The molecule has 0 aromatic rings. The fourth-order valence-electron chi connectivity index (χ4n) is 1.59. The topological polar surface area (TPSA) is 46.5 Å². The van der Waals surface area contributed by atoms with E-state index in [-0.39, 0.29) is 5.92 Å². The van der Waals surface area contributed by atoms with Crippen LogP contribution < -0.4 is 0 Å². The molecule has 0 bridgehead atoms. The number of aliphatic carboxylic acids is 1. The Morgan fingerprint density at radius 3 is 2.67 bits per heavy atom. The van der Waals surface area contributed by atoms with Gasteiger partial charge in [-0.3, -0.25) is 4.79 Å². The average Bonchev–Trinajstić information content (AvgIpc) is 1.94. The second-order valence-corrected chi connectivity index (χ2v) is 3.44. The van der Waals surface area contributed by atoms with E-state index in [1.165, 1.54) is 0 Å². The summed E-state index contributed by atoms with van der Waals surface area (Å²) >= 11 is 0. The molecule has 0 radical (unpaired) electrons. The predicted molar refractivity (Wildman–Crippen MR) is 44.9 cm³/mol. The van der Waals surface area contributed by atoms with Crippen LogP contribution in [0.5, 0.6) is 0 Å². The van der Waals surface area contributed by atoms with Crippen molar-refractivity contribution in [3.05, 3.63) is 0 Å². The first kappa shape index (κ1) is 9.52. The van der Waals surface area contributed by atoms with Crippen LogP contribution in [0, 0.1) is 11.8 Å². The van der Waals surface area contributed by atoms with Crippen molar-refractivity contribution in [2.75, 3.05) is 6.61 Å². The van der Waals surface area contributed by atoms with E-state index in [0.29, 0.717) is 12.0 Å². The maximum atomic E-state index is 10.6. The van der Waals surface area contributed by atoms with Crippen molar-refractivity contribution in [3.8, 4) is 0 Å². The summed E-state index contributed by atoms with van der Waals surface area (Å²) in [5, 5.41) is 8.69. The normalized spacial score (nSPS) is 30.8. The molecule has 1 fully saturated rings. The highest BCUT2D eigenvalue weighted by molar-refractivity contribution is 5.70. The van der Waals surface area contributed by atoms with Gasteiger partial charge in [-0.1, -0.05) is 6.92 Å². The Morgan fingerprint density at radius 2 is 2.25 bits per heavy atom. The van der Waals surface area contributed by atoms with Gasteiger partial charge >= 0.3 is 5.97 Å². The van der Waals surface area contributed by atoms with Crippen LogP contribution in [-0.2, 0) is 9.53 Å². The Kier molecular flexibility index (Phi) is 3.09. The molecule has 0 amide bonds. The van der Waals surface area contributed by atoms with Gasteiger partial charge in [-0.05, 0) is 25.7 Å². The average molecular weight is 172 g/mol. The second-order valence-electron chi connectivity index (χ2n) is 3.44. The maximum Gasteiger partial charge on any atom is 0.306 e. The fraction of sp³-hybridized carbons (Fsp3) is 0.889. The first-order chi connectivity index (χ1) is 5.65. The molecule has 1 atom stereocenters. The monoisotopic (exact) mass is 172 g/mol. The van der Waals surface area contributed by atoms with Crippen LogP contribution in [0.25, 0.3) is 0 Å². The first-order valence-corrected chi connectivity index (χ1v) is 4.49. The van der Waals surface area contributed by atoms with Crippen LogP contribution in [0.3, 0.4) is 0 Å². The van der Waals surface area contributed by atoms with E-state index in [1.807, 2.05) is 6.92 Å². The van der Waals surface area contributed by atoms with Crippen LogP contribution >= 0.6 is 0 Å². The Labute approximate surface area is 72.7 Å². The molecule has 1 saturated carbocycles.